The van der Waals surface area contributed by atoms with Crippen molar-refractivity contribution in [3.63, 3.8) is 0 Å². The lowest BCUT2D eigenvalue weighted by molar-refractivity contribution is 0.575. The van der Waals surface area contributed by atoms with Crippen LogP contribution in [0.3, 0.4) is 0 Å². The molecule has 0 aliphatic heterocycles. The van der Waals surface area contributed by atoms with Gasteiger partial charge >= 0.3 is 0 Å². The van der Waals surface area contributed by atoms with E-state index in [0.29, 0.717) is 16.7 Å². The first kappa shape index (κ1) is 10.5. The Morgan fingerprint density at radius 2 is 2.00 bits per heavy atom. The van der Waals surface area contributed by atoms with Gasteiger partial charge in [0.2, 0.25) is 0 Å². The first-order valence-electron chi connectivity index (χ1n) is 5.29. The quantitative estimate of drug-likeness (QED) is 0.594. The van der Waals surface area contributed by atoms with Crippen LogP contribution in [0.4, 0.5) is 0 Å². The van der Waals surface area contributed by atoms with Crippen molar-refractivity contribution in [1.29, 1.82) is 0 Å². The Hall–Kier alpha value is -2.64. The highest BCUT2D eigenvalue weighted by Crippen LogP contribution is 2.03. The summed E-state index contributed by atoms with van der Waals surface area (Å²) in [6.07, 6.45) is 0. The number of fused-ring (bicyclic) bond motifs is 1. The summed E-state index contributed by atoms with van der Waals surface area (Å²) in [6.45, 7) is 0.157. The van der Waals surface area contributed by atoms with Crippen LogP contribution < -0.4 is 5.56 Å². The van der Waals surface area contributed by atoms with Gasteiger partial charge in [-0.3, -0.25) is 4.79 Å². The molecule has 0 unspecified atom stereocenters. The molecule has 0 aliphatic rings. The number of hydrogen-bond donors (Lipinski definition) is 0. The number of aryl methyl sites for hydroxylation is 1. The van der Waals surface area contributed by atoms with Crippen LogP contribution in [0.1, 0.15) is 5.82 Å². The predicted octanol–water partition coefficient (Wildman–Crippen LogP) is -0.637. The molecular weight excluding hydrogens is 234 g/mol. The maximum Gasteiger partial charge on any atom is 0.278 e. The van der Waals surface area contributed by atoms with Crippen molar-refractivity contribution in [1.82, 2.24) is 35.2 Å². The smallest absolute Gasteiger partial charge is 0.267 e. The van der Waals surface area contributed by atoms with Gasteiger partial charge in [0, 0.05) is 0 Å². The van der Waals surface area contributed by atoms with Gasteiger partial charge in [0.1, 0.15) is 12.1 Å². The molecule has 0 aliphatic carbocycles. The highest BCUT2D eigenvalue weighted by Gasteiger charge is 2.08. The second-order valence-corrected chi connectivity index (χ2v) is 3.76. The van der Waals surface area contributed by atoms with Crippen molar-refractivity contribution >= 4 is 10.9 Å². The second-order valence-electron chi connectivity index (χ2n) is 3.76. The van der Waals surface area contributed by atoms with Crippen LogP contribution >= 0.6 is 0 Å². The van der Waals surface area contributed by atoms with Crippen LogP contribution in [0, 0.1) is 0 Å². The topological polar surface area (TPSA) is 91.4 Å². The van der Waals surface area contributed by atoms with Gasteiger partial charge in [-0.05, 0) is 17.3 Å². The average molecular weight is 243 g/mol. The number of aromatic nitrogens is 7. The SMILES string of the molecule is Cn1nnc(Cn2nnc3ccccc3c2=O)n1. The third kappa shape index (κ3) is 1.73. The zero-order valence-electron chi connectivity index (χ0n) is 9.56. The van der Waals surface area contributed by atoms with Gasteiger partial charge in [0.05, 0.1) is 12.4 Å². The van der Waals surface area contributed by atoms with Crippen LogP contribution in [0.25, 0.3) is 10.9 Å². The molecule has 18 heavy (non-hydrogen) atoms. The fraction of sp³-hybridized carbons (Fsp3) is 0.200. The fourth-order valence-electron chi connectivity index (χ4n) is 1.65. The Balaban J connectivity index is 2.08. The van der Waals surface area contributed by atoms with E-state index in [2.05, 4.69) is 25.7 Å². The maximum absolute atomic E-state index is 12.1. The summed E-state index contributed by atoms with van der Waals surface area (Å²) in [5.41, 5.74) is 0.360. The van der Waals surface area contributed by atoms with Crippen molar-refractivity contribution in [2.75, 3.05) is 0 Å². The van der Waals surface area contributed by atoms with Crippen molar-refractivity contribution < 1.29 is 0 Å². The molecule has 0 bridgehead atoms. The molecule has 8 heteroatoms. The monoisotopic (exact) mass is 243 g/mol. The highest BCUT2D eigenvalue weighted by molar-refractivity contribution is 5.76. The van der Waals surface area contributed by atoms with Gasteiger partial charge in [-0.25, -0.2) is 4.68 Å². The van der Waals surface area contributed by atoms with Crippen LogP contribution in [-0.4, -0.2) is 35.2 Å². The van der Waals surface area contributed by atoms with E-state index in [-0.39, 0.29) is 12.1 Å². The first-order valence-corrected chi connectivity index (χ1v) is 5.29. The zero-order valence-corrected chi connectivity index (χ0v) is 9.56. The minimum atomic E-state index is -0.215. The molecule has 8 nitrogen and oxygen atoms in total. The van der Waals surface area contributed by atoms with E-state index >= 15 is 0 Å². The summed E-state index contributed by atoms with van der Waals surface area (Å²) in [4.78, 5) is 13.4. The van der Waals surface area contributed by atoms with Crippen molar-refractivity contribution in [2.24, 2.45) is 7.05 Å². The molecule has 3 aromatic rings. The Bertz CT molecular complexity index is 760. The van der Waals surface area contributed by atoms with E-state index in [4.69, 9.17) is 0 Å². The summed E-state index contributed by atoms with van der Waals surface area (Å²) in [5.74, 6) is 0.421. The van der Waals surface area contributed by atoms with Crippen molar-refractivity contribution in [3.05, 3.63) is 40.4 Å². The Kier molecular flexibility index (Phi) is 2.33. The zero-order chi connectivity index (χ0) is 12.5. The van der Waals surface area contributed by atoms with Crippen LogP contribution in [0.5, 0.6) is 0 Å². The lowest BCUT2D eigenvalue weighted by Crippen LogP contribution is -2.25. The molecule has 0 fully saturated rings. The molecule has 0 amide bonds. The van der Waals surface area contributed by atoms with Gasteiger partial charge in [-0.1, -0.05) is 17.3 Å². The minimum absolute atomic E-state index is 0.157. The van der Waals surface area contributed by atoms with Crippen LogP contribution in [-0.2, 0) is 13.6 Å². The van der Waals surface area contributed by atoms with E-state index in [1.54, 1.807) is 25.2 Å². The predicted molar refractivity (Wildman–Crippen MR) is 61.7 cm³/mol. The van der Waals surface area contributed by atoms with Crippen molar-refractivity contribution in [3.8, 4) is 0 Å². The lowest BCUT2D eigenvalue weighted by Gasteiger charge is -2.01. The Labute approximate surface area is 101 Å². The van der Waals surface area contributed by atoms with Gasteiger partial charge in [0.15, 0.2) is 5.82 Å². The minimum Gasteiger partial charge on any atom is -0.267 e. The van der Waals surface area contributed by atoms with Crippen LogP contribution in [0.2, 0.25) is 0 Å². The van der Waals surface area contributed by atoms with Gasteiger partial charge in [0.25, 0.3) is 5.56 Å². The lowest BCUT2D eigenvalue weighted by atomic mass is 10.2. The van der Waals surface area contributed by atoms with E-state index in [9.17, 15) is 4.79 Å². The van der Waals surface area contributed by atoms with Crippen LogP contribution in [0.15, 0.2) is 29.1 Å². The molecule has 0 saturated carbocycles. The molecule has 2 aromatic heterocycles. The number of rotatable bonds is 2. The molecular formula is C10H9N7O. The molecule has 90 valence electrons. The van der Waals surface area contributed by atoms with Gasteiger partial charge in [-0.15, -0.1) is 15.3 Å². The summed E-state index contributed by atoms with van der Waals surface area (Å²) in [7, 11) is 1.66. The third-order valence-corrected chi connectivity index (χ3v) is 2.47. The van der Waals surface area contributed by atoms with Gasteiger partial charge in [-0.2, -0.15) is 4.80 Å². The highest BCUT2D eigenvalue weighted by atomic mass is 16.1. The number of hydrogen-bond acceptors (Lipinski definition) is 6. The van der Waals surface area contributed by atoms with E-state index < -0.39 is 0 Å². The molecule has 0 N–H and O–H groups in total. The third-order valence-electron chi connectivity index (χ3n) is 2.47. The Morgan fingerprint density at radius 1 is 1.17 bits per heavy atom. The molecule has 0 radical (unpaired) electrons. The van der Waals surface area contributed by atoms with E-state index in [1.165, 1.54) is 9.48 Å². The summed E-state index contributed by atoms with van der Waals surface area (Å²) >= 11 is 0. The van der Waals surface area contributed by atoms with Crippen molar-refractivity contribution in [2.45, 2.75) is 6.54 Å². The summed E-state index contributed by atoms with van der Waals surface area (Å²) < 4.78 is 1.22. The van der Waals surface area contributed by atoms with Gasteiger partial charge < -0.3 is 0 Å². The molecule has 2 heterocycles. The summed E-state index contributed by atoms with van der Waals surface area (Å²) in [5, 5.41) is 19.8. The molecule has 1 aromatic carbocycles. The normalized spacial score (nSPS) is 10.9. The fourth-order valence-corrected chi connectivity index (χ4v) is 1.65. The molecule has 3 rings (SSSR count). The number of tetrazole rings is 1. The van der Waals surface area contributed by atoms with E-state index in [1.807, 2.05) is 6.07 Å². The Morgan fingerprint density at radius 3 is 2.78 bits per heavy atom. The maximum atomic E-state index is 12.1. The molecule has 0 atom stereocenters. The van der Waals surface area contributed by atoms with E-state index in [0.717, 1.165) is 0 Å². The summed E-state index contributed by atoms with van der Waals surface area (Å²) in [6, 6.07) is 7.06. The average Bonchev–Trinajstić information content (AvgIpc) is 2.79. The standard InChI is InChI=1S/C10H9N7O/c1-16-13-9(12-14-16)6-17-10(18)7-4-2-3-5-8(7)11-15-17/h2-5H,6H2,1H3. The number of nitrogens with zero attached hydrogens (tertiary/aromatic N) is 7. The second kappa shape index (κ2) is 3.99. The molecule has 0 saturated heterocycles. The number of benzene rings is 1. The first-order chi connectivity index (χ1) is 8.74. The largest absolute Gasteiger partial charge is 0.278 e. The molecule has 0 spiro atoms.